The summed E-state index contributed by atoms with van der Waals surface area (Å²) in [6.45, 7) is 2.62. The van der Waals surface area contributed by atoms with Crippen LogP contribution in [-0.4, -0.2) is 34.9 Å². The molecule has 3 heterocycles. The van der Waals surface area contributed by atoms with Gasteiger partial charge in [0.25, 0.3) is 5.91 Å². The first kappa shape index (κ1) is 19.1. The quantitative estimate of drug-likeness (QED) is 0.823. The Morgan fingerprint density at radius 2 is 2.00 bits per heavy atom. The van der Waals surface area contributed by atoms with Gasteiger partial charge >= 0.3 is 0 Å². The van der Waals surface area contributed by atoms with Gasteiger partial charge in [0.05, 0.1) is 11.6 Å². The fraction of sp³-hybridized carbons (Fsp3) is 0.417. The predicted molar refractivity (Wildman–Crippen MR) is 110 cm³/mol. The summed E-state index contributed by atoms with van der Waals surface area (Å²) in [5.74, 6) is 0.476. The number of fused-ring (bicyclic) bond motifs is 1. The van der Waals surface area contributed by atoms with Crippen molar-refractivity contribution in [1.82, 2.24) is 10.2 Å². The van der Waals surface area contributed by atoms with Crippen molar-refractivity contribution in [2.24, 2.45) is 0 Å². The summed E-state index contributed by atoms with van der Waals surface area (Å²) in [4.78, 5) is 27.7. The van der Waals surface area contributed by atoms with Gasteiger partial charge in [0.15, 0.2) is 0 Å². The van der Waals surface area contributed by atoms with Crippen LogP contribution < -0.4 is 10.1 Å². The third-order valence-corrected chi connectivity index (χ3v) is 6.63. The van der Waals surface area contributed by atoms with E-state index >= 15 is 0 Å². The maximum Gasteiger partial charge on any atom is 0.254 e. The number of nitrogens with one attached hydrogen (secondary N) is 1. The largest absolute Gasteiger partial charge is 0.490 e. The number of benzene rings is 2. The lowest BCUT2D eigenvalue weighted by Gasteiger charge is -2.48. The van der Waals surface area contributed by atoms with Crippen LogP contribution in [0.25, 0.3) is 0 Å². The normalized spacial score (nSPS) is 27.7. The second-order valence-corrected chi connectivity index (χ2v) is 8.72. The lowest BCUT2D eigenvalue weighted by Crippen LogP contribution is -2.58. The third kappa shape index (κ3) is 3.15. The molecule has 156 valence electrons. The number of carbonyl (C=O) groups excluding carboxylic acids is 2. The highest BCUT2D eigenvalue weighted by Crippen LogP contribution is 2.45. The lowest BCUT2D eigenvalue weighted by atomic mass is 9.76. The number of likely N-dealkylation sites (tertiary alicyclic amines) is 1. The Hall–Kier alpha value is -2.89. The molecular weight excluding hydrogens is 383 g/mol. The molecule has 2 fully saturated rings. The predicted octanol–water partition coefficient (Wildman–Crippen LogP) is 3.78. The van der Waals surface area contributed by atoms with Crippen LogP contribution in [0.5, 0.6) is 5.75 Å². The first-order valence-electron chi connectivity index (χ1n) is 10.6. The van der Waals surface area contributed by atoms with Crippen LogP contribution in [-0.2, 0) is 11.2 Å². The van der Waals surface area contributed by atoms with E-state index in [2.05, 4.69) is 5.32 Å². The topological polar surface area (TPSA) is 58.6 Å². The number of amides is 2. The van der Waals surface area contributed by atoms with E-state index in [0.29, 0.717) is 24.9 Å². The van der Waals surface area contributed by atoms with Crippen LogP contribution in [0.15, 0.2) is 42.5 Å². The number of rotatable bonds is 2. The van der Waals surface area contributed by atoms with Crippen molar-refractivity contribution in [3.05, 3.63) is 65.0 Å². The van der Waals surface area contributed by atoms with E-state index in [1.807, 2.05) is 30.0 Å². The Morgan fingerprint density at radius 1 is 1.20 bits per heavy atom. The van der Waals surface area contributed by atoms with E-state index in [0.717, 1.165) is 36.1 Å². The van der Waals surface area contributed by atoms with Crippen LogP contribution in [0.1, 0.15) is 60.1 Å². The Balaban J connectivity index is 1.53. The zero-order chi connectivity index (χ0) is 20.9. The van der Waals surface area contributed by atoms with Gasteiger partial charge in [-0.1, -0.05) is 12.1 Å². The molecule has 0 radical (unpaired) electrons. The molecule has 5 nitrogen and oxygen atoms in total. The van der Waals surface area contributed by atoms with E-state index in [1.165, 1.54) is 12.1 Å². The van der Waals surface area contributed by atoms with E-state index in [4.69, 9.17) is 4.74 Å². The van der Waals surface area contributed by atoms with E-state index in [9.17, 15) is 14.0 Å². The van der Waals surface area contributed by atoms with Gasteiger partial charge in [-0.15, -0.1) is 0 Å². The molecule has 30 heavy (non-hydrogen) atoms. The van der Waals surface area contributed by atoms with Crippen molar-refractivity contribution >= 4 is 11.8 Å². The van der Waals surface area contributed by atoms with Crippen LogP contribution in [0.2, 0.25) is 0 Å². The average molecular weight is 408 g/mol. The van der Waals surface area contributed by atoms with E-state index < -0.39 is 5.54 Å². The number of hydrogen-bond donors (Lipinski definition) is 1. The fourth-order valence-electron chi connectivity index (χ4n) is 5.34. The highest BCUT2D eigenvalue weighted by molar-refractivity contribution is 5.95. The van der Waals surface area contributed by atoms with Crippen LogP contribution in [0, 0.1) is 5.82 Å². The summed E-state index contributed by atoms with van der Waals surface area (Å²) < 4.78 is 19.4. The maximum atomic E-state index is 13.7. The third-order valence-electron chi connectivity index (χ3n) is 6.63. The first-order chi connectivity index (χ1) is 14.4. The summed E-state index contributed by atoms with van der Waals surface area (Å²) in [6.07, 6.45) is 3.65. The monoisotopic (exact) mass is 408 g/mol. The molecule has 0 aliphatic carbocycles. The molecule has 2 aromatic rings. The summed E-state index contributed by atoms with van der Waals surface area (Å²) in [5, 5.41) is 3.17. The zero-order valence-electron chi connectivity index (χ0n) is 17.0. The molecule has 2 amide bonds. The second-order valence-electron chi connectivity index (χ2n) is 8.72. The Labute approximate surface area is 175 Å². The van der Waals surface area contributed by atoms with Gasteiger partial charge in [-0.05, 0) is 67.6 Å². The number of hydrogen-bond acceptors (Lipinski definition) is 3. The van der Waals surface area contributed by atoms with Crippen molar-refractivity contribution in [2.45, 2.75) is 56.7 Å². The minimum Gasteiger partial charge on any atom is -0.490 e. The first-order valence-corrected chi connectivity index (χ1v) is 10.6. The fourth-order valence-corrected chi connectivity index (χ4v) is 5.34. The Bertz CT molecular complexity index is 1010. The van der Waals surface area contributed by atoms with E-state index in [-0.39, 0.29) is 29.8 Å². The summed E-state index contributed by atoms with van der Waals surface area (Å²) in [6, 6.07) is 11.6. The molecule has 0 unspecified atom stereocenters. The highest BCUT2D eigenvalue weighted by atomic mass is 19.1. The summed E-state index contributed by atoms with van der Waals surface area (Å²) in [7, 11) is 0. The van der Waals surface area contributed by atoms with Crippen molar-refractivity contribution < 1.29 is 18.7 Å². The molecule has 2 saturated heterocycles. The molecule has 6 heteroatoms. The molecule has 1 N–H and O–H groups in total. The van der Waals surface area contributed by atoms with Gasteiger partial charge in [-0.2, -0.15) is 0 Å². The molecule has 3 aliphatic heterocycles. The molecule has 3 atom stereocenters. The standard InChI is InChI=1S/C24H25FN2O3/c1-15-13-18-14-17(5-8-20(18)30-15)23(29)27-12-2-10-24(11-9-21(28)26-24)22(27)16-3-6-19(25)7-4-16/h3-8,14-15,22H,2,9-13H2,1H3,(H,26,28)/t15-,22-,24+/m1/s1. The van der Waals surface area contributed by atoms with Crippen LogP contribution >= 0.6 is 0 Å². The average Bonchev–Trinajstić information content (AvgIpc) is 3.29. The highest BCUT2D eigenvalue weighted by Gasteiger charge is 2.50. The van der Waals surface area contributed by atoms with Gasteiger partial charge < -0.3 is 15.0 Å². The number of halogens is 1. The van der Waals surface area contributed by atoms with Gasteiger partial charge in [-0.3, -0.25) is 9.59 Å². The molecule has 1 spiro atoms. The number of carbonyl (C=O) groups is 2. The summed E-state index contributed by atoms with van der Waals surface area (Å²) in [5.41, 5.74) is 2.02. The smallest absolute Gasteiger partial charge is 0.254 e. The van der Waals surface area contributed by atoms with Crippen molar-refractivity contribution in [3.63, 3.8) is 0 Å². The minimum absolute atomic E-state index is 0.0140. The van der Waals surface area contributed by atoms with Crippen molar-refractivity contribution in [3.8, 4) is 5.75 Å². The lowest BCUT2D eigenvalue weighted by molar-refractivity contribution is -0.120. The molecule has 3 aliphatic rings. The molecular formula is C24H25FN2O3. The minimum atomic E-state index is -0.503. The molecule has 0 aromatic heterocycles. The Kier molecular flexibility index (Phi) is 4.53. The van der Waals surface area contributed by atoms with Crippen LogP contribution in [0.4, 0.5) is 4.39 Å². The molecule has 0 bridgehead atoms. The van der Waals surface area contributed by atoms with Gasteiger partial charge in [0.2, 0.25) is 5.91 Å². The van der Waals surface area contributed by atoms with E-state index in [1.54, 1.807) is 12.1 Å². The molecule has 0 saturated carbocycles. The van der Waals surface area contributed by atoms with Crippen molar-refractivity contribution in [2.75, 3.05) is 6.54 Å². The SMILES string of the molecule is C[C@@H]1Cc2cc(C(=O)N3CCC[C@]4(CCC(=O)N4)[C@H]3c3ccc(F)cc3)ccc2O1. The zero-order valence-corrected chi connectivity index (χ0v) is 17.0. The van der Waals surface area contributed by atoms with Gasteiger partial charge in [0.1, 0.15) is 17.7 Å². The number of piperidine rings is 1. The van der Waals surface area contributed by atoms with Crippen molar-refractivity contribution in [1.29, 1.82) is 0 Å². The number of nitrogens with zero attached hydrogens (tertiary/aromatic N) is 1. The van der Waals surface area contributed by atoms with Gasteiger partial charge in [-0.25, -0.2) is 4.39 Å². The Morgan fingerprint density at radius 3 is 2.73 bits per heavy atom. The molecule has 5 rings (SSSR count). The van der Waals surface area contributed by atoms with Gasteiger partial charge in [0, 0.05) is 24.9 Å². The maximum absolute atomic E-state index is 13.7. The number of ether oxygens (including phenoxy) is 1. The summed E-state index contributed by atoms with van der Waals surface area (Å²) >= 11 is 0. The molecule has 2 aromatic carbocycles. The second kappa shape index (κ2) is 7.11. The van der Waals surface area contributed by atoms with Crippen LogP contribution in [0.3, 0.4) is 0 Å².